The van der Waals surface area contributed by atoms with E-state index in [1.54, 1.807) is 12.4 Å². The summed E-state index contributed by atoms with van der Waals surface area (Å²) in [6.45, 7) is 2.44. The minimum atomic E-state index is 0.157. The molecule has 9 heteroatoms. The van der Waals surface area contributed by atoms with Crippen molar-refractivity contribution in [3.63, 3.8) is 0 Å². The van der Waals surface area contributed by atoms with Crippen LogP contribution < -0.4 is 4.74 Å². The second-order valence-electron chi connectivity index (χ2n) is 5.29. The Hall–Kier alpha value is -2.84. The summed E-state index contributed by atoms with van der Waals surface area (Å²) >= 11 is 0. The number of aromatic amines is 1. The van der Waals surface area contributed by atoms with Crippen molar-refractivity contribution in [2.75, 3.05) is 6.61 Å². The van der Waals surface area contributed by atoms with E-state index in [0.717, 1.165) is 30.7 Å². The van der Waals surface area contributed by atoms with Crippen molar-refractivity contribution in [2.45, 2.75) is 32.1 Å². The second kappa shape index (κ2) is 5.75. The molecule has 0 bridgehead atoms. The molecule has 0 aliphatic heterocycles. The van der Waals surface area contributed by atoms with E-state index in [1.807, 2.05) is 6.92 Å². The molecule has 0 radical (unpaired) electrons. The molecule has 0 aromatic carbocycles. The Kier molecular flexibility index (Phi) is 3.45. The lowest BCUT2D eigenvalue weighted by Crippen LogP contribution is -2.13. The Labute approximate surface area is 131 Å². The highest BCUT2D eigenvalue weighted by Crippen LogP contribution is 2.30. The number of fused-ring (bicyclic) bond motifs is 1. The van der Waals surface area contributed by atoms with E-state index >= 15 is 0 Å². The summed E-state index contributed by atoms with van der Waals surface area (Å²) < 4.78 is 10.7. The van der Waals surface area contributed by atoms with Gasteiger partial charge in [-0.2, -0.15) is 20.4 Å². The number of aryl methyl sites for hydroxylation is 1. The van der Waals surface area contributed by atoms with Crippen LogP contribution in [-0.4, -0.2) is 42.1 Å². The van der Waals surface area contributed by atoms with Gasteiger partial charge in [-0.3, -0.25) is 0 Å². The molecule has 0 saturated heterocycles. The highest BCUT2D eigenvalue weighted by Gasteiger charge is 2.27. The molecule has 1 unspecified atom stereocenters. The van der Waals surface area contributed by atoms with Crippen LogP contribution in [0.5, 0.6) is 5.88 Å². The number of H-pyrrole nitrogens is 1. The molecular weight excluding hydrogens is 298 g/mol. The van der Waals surface area contributed by atoms with Crippen LogP contribution in [0, 0.1) is 0 Å². The van der Waals surface area contributed by atoms with Gasteiger partial charge in [-0.05, 0) is 19.8 Å². The predicted molar refractivity (Wildman–Crippen MR) is 77.6 cm³/mol. The van der Waals surface area contributed by atoms with Gasteiger partial charge in [-0.25, -0.2) is 9.97 Å². The molecule has 3 heterocycles. The van der Waals surface area contributed by atoms with Crippen LogP contribution in [0.15, 0.2) is 16.9 Å². The van der Waals surface area contributed by atoms with Gasteiger partial charge in [0.1, 0.15) is 5.69 Å². The van der Waals surface area contributed by atoms with Crippen molar-refractivity contribution < 1.29 is 9.26 Å². The van der Waals surface area contributed by atoms with Gasteiger partial charge in [-0.1, -0.05) is 5.16 Å². The van der Waals surface area contributed by atoms with E-state index in [1.165, 1.54) is 0 Å². The summed E-state index contributed by atoms with van der Waals surface area (Å²) in [5.74, 6) is 1.67. The van der Waals surface area contributed by atoms with E-state index in [4.69, 9.17) is 9.26 Å². The first-order valence-electron chi connectivity index (χ1n) is 7.51. The first-order chi connectivity index (χ1) is 11.3. The molecule has 1 aliphatic carbocycles. The Bertz CT molecular complexity index is 796. The molecule has 1 atom stereocenters. The number of hydrogen-bond acceptors (Lipinski definition) is 8. The van der Waals surface area contributed by atoms with Crippen LogP contribution in [-0.2, 0) is 12.8 Å². The predicted octanol–water partition coefficient (Wildman–Crippen LogP) is 1.32. The molecule has 118 valence electrons. The van der Waals surface area contributed by atoms with Crippen LogP contribution in [0.1, 0.15) is 36.5 Å². The van der Waals surface area contributed by atoms with Crippen molar-refractivity contribution in [1.82, 2.24) is 35.5 Å². The number of nitrogens with one attached hydrogen (secondary N) is 1. The van der Waals surface area contributed by atoms with Gasteiger partial charge in [0, 0.05) is 12.3 Å². The normalized spacial score (nSPS) is 17.0. The van der Waals surface area contributed by atoms with Crippen LogP contribution in [0.2, 0.25) is 0 Å². The molecule has 1 N–H and O–H groups in total. The maximum atomic E-state index is 5.41. The summed E-state index contributed by atoms with van der Waals surface area (Å²) in [6, 6.07) is 0. The first-order valence-corrected chi connectivity index (χ1v) is 7.51. The largest absolute Gasteiger partial charge is 0.477 e. The summed E-state index contributed by atoms with van der Waals surface area (Å²) in [5, 5.41) is 15.0. The van der Waals surface area contributed by atoms with Crippen molar-refractivity contribution in [2.24, 2.45) is 0 Å². The van der Waals surface area contributed by atoms with Gasteiger partial charge >= 0.3 is 0 Å². The zero-order chi connectivity index (χ0) is 15.6. The maximum Gasteiger partial charge on any atom is 0.232 e. The number of rotatable bonds is 4. The van der Waals surface area contributed by atoms with Gasteiger partial charge in [0.2, 0.25) is 17.6 Å². The number of ether oxygens (including phenoxy) is 1. The van der Waals surface area contributed by atoms with Gasteiger partial charge in [-0.15, -0.1) is 0 Å². The smallest absolute Gasteiger partial charge is 0.232 e. The van der Waals surface area contributed by atoms with Gasteiger partial charge in [0.15, 0.2) is 0 Å². The highest BCUT2D eigenvalue weighted by molar-refractivity contribution is 5.46. The van der Waals surface area contributed by atoms with Crippen LogP contribution in [0.4, 0.5) is 0 Å². The lowest BCUT2D eigenvalue weighted by molar-refractivity contribution is 0.325. The standard InChI is InChI=1S/C14H15N7O2/c1-2-22-12-7-15-11(6-16-12)13-17-14(23-20-13)8-3-4-9-10(5-8)19-21-18-9/h6-8H,2-5H2,1H3,(H,18,19,21). The van der Waals surface area contributed by atoms with Crippen molar-refractivity contribution >= 4 is 0 Å². The zero-order valence-electron chi connectivity index (χ0n) is 12.6. The van der Waals surface area contributed by atoms with E-state index in [2.05, 4.69) is 35.5 Å². The molecule has 1 aliphatic rings. The first kappa shape index (κ1) is 13.8. The van der Waals surface area contributed by atoms with E-state index in [-0.39, 0.29) is 5.92 Å². The molecule has 4 rings (SSSR count). The van der Waals surface area contributed by atoms with Crippen LogP contribution in [0.25, 0.3) is 11.5 Å². The SMILES string of the molecule is CCOc1cnc(-c2noc(C3CCc4n[nH]nc4C3)n2)cn1. The summed E-state index contributed by atoms with van der Waals surface area (Å²) in [6.07, 6.45) is 5.66. The fourth-order valence-corrected chi connectivity index (χ4v) is 2.65. The summed E-state index contributed by atoms with van der Waals surface area (Å²) in [5.41, 5.74) is 2.56. The summed E-state index contributed by atoms with van der Waals surface area (Å²) in [4.78, 5) is 12.9. The molecule has 3 aromatic heterocycles. The highest BCUT2D eigenvalue weighted by atomic mass is 16.5. The van der Waals surface area contributed by atoms with Crippen molar-refractivity contribution in [3.05, 3.63) is 29.7 Å². The average Bonchev–Trinajstić information content (AvgIpc) is 3.24. The van der Waals surface area contributed by atoms with E-state index in [0.29, 0.717) is 29.9 Å². The number of nitrogens with zero attached hydrogens (tertiary/aromatic N) is 6. The third kappa shape index (κ3) is 2.65. The third-order valence-electron chi connectivity index (χ3n) is 3.81. The maximum absolute atomic E-state index is 5.41. The minimum absolute atomic E-state index is 0.157. The quantitative estimate of drug-likeness (QED) is 0.766. The van der Waals surface area contributed by atoms with E-state index < -0.39 is 0 Å². The van der Waals surface area contributed by atoms with Gasteiger partial charge in [0.05, 0.1) is 30.4 Å². The molecule has 0 saturated carbocycles. The molecule has 9 nitrogen and oxygen atoms in total. The lowest BCUT2D eigenvalue weighted by atomic mass is 9.90. The van der Waals surface area contributed by atoms with Crippen molar-refractivity contribution in [1.29, 1.82) is 0 Å². The molecule has 0 spiro atoms. The Morgan fingerprint density at radius 1 is 1.26 bits per heavy atom. The number of aromatic nitrogens is 7. The van der Waals surface area contributed by atoms with Gasteiger partial charge < -0.3 is 9.26 Å². The van der Waals surface area contributed by atoms with Crippen LogP contribution >= 0.6 is 0 Å². The summed E-state index contributed by atoms with van der Waals surface area (Å²) in [7, 11) is 0. The van der Waals surface area contributed by atoms with E-state index in [9.17, 15) is 0 Å². The second-order valence-corrected chi connectivity index (χ2v) is 5.29. The zero-order valence-corrected chi connectivity index (χ0v) is 12.6. The Morgan fingerprint density at radius 3 is 3.00 bits per heavy atom. The molecular formula is C14H15N7O2. The fourth-order valence-electron chi connectivity index (χ4n) is 2.65. The minimum Gasteiger partial charge on any atom is -0.477 e. The topological polar surface area (TPSA) is 116 Å². The molecule has 3 aromatic rings. The third-order valence-corrected chi connectivity index (χ3v) is 3.81. The Balaban J connectivity index is 1.53. The number of hydrogen-bond donors (Lipinski definition) is 1. The molecule has 0 amide bonds. The lowest BCUT2D eigenvalue weighted by Gasteiger charge is -2.15. The average molecular weight is 313 g/mol. The Morgan fingerprint density at radius 2 is 2.17 bits per heavy atom. The fraction of sp³-hybridized carbons (Fsp3) is 0.429. The monoisotopic (exact) mass is 313 g/mol. The molecule has 0 fully saturated rings. The van der Waals surface area contributed by atoms with Crippen LogP contribution in [0.3, 0.4) is 0 Å². The molecule has 23 heavy (non-hydrogen) atoms. The van der Waals surface area contributed by atoms with Gasteiger partial charge in [0.25, 0.3) is 0 Å². The van der Waals surface area contributed by atoms with Crippen molar-refractivity contribution in [3.8, 4) is 17.4 Å².